The van der Waals surface area contributed by atoms with E-state index < -0.39 is 0 Å². The molecule has 1 atom stereocenters. The van der Waals surface area contributed by atoms with Gasteiger partial charge in [-0.05, 0) is 38.5 Å². The number of anilines is 1. The van der Waals surface area contributed by atoms with Crippen molar-refractivity contribution in [1.82, 2.24) is 4.90 Å². The van der Waals surface area contributed by atoms with E-state index in [1.807, 2.05) is 6.92 Å². The Kier molecular flexibility index (Phi) is 5.62. The number of benzene rings is 1. The Bertz CT molecular complexity index is 468. The van der Waals surface area contributed by atoms with Crippen LogP contribution in [0, 0.1) is 6.92 Å². The highest BCUT2D eigenvalue weighted by molar-refractivity contribution is 5.70. The van der Waals surface area contributed by atoms with Crippen LogP contribution in [0.25, 0.3) is 0 Å². The Morgan fingerprint density at radius 2 is 2.00 bits per heavy atom. The lowest BCUT2D eigenvalue weighted by molar-refractivity contribution is -0.144. The Hall–Kier alpha value is -1.55. The van der Waals surface area contributed by atoms with Crippen LogP contribution in [-0.4, -0.2) is 49.7 Å². The number of hydrogen-bond donors (Lipinski definition) is 0. The van der Waals surface area contributed by atoms with Crippen molar-refractivity contribution in [3.8, 4) is 0 Å². The lowest BCUT2D eigenvalue weighted by atomic mass is 10.1. The van der Waals surface area contributed by atoms with Crippen molar-refractivity contribution in [1.29, 1.82) is 0 Å². The van der Waals surface area contributed by atoms with Crippen molar-refractivity contribution < 1.29 is 9.53 Å². The molecule has 1 unspecified atom stereocenters. The summed E-state index contributed by atoms with van der Waals surface area (Å²) in [6.07, 6.45) is 0.484. The predicted octanol–water partition coefficient (Wildman–Crippen LogP) is 2.46. The zero-order chi connectivity index (χ0) is 15.2. The molecule has 4 nitrogen and oxygen atoms in total. The molecule has 4 heteroatoms. The number of nitrogens with zero attached hydrogens (tertiary/aromatic N) is 2. The van der Waals surface area contributed by atoms with Crippen LogP contribution in [-0.2, 0) is 9.53 Å². The highest BCUT2D eigenvalue weighted by Crippen LogP contribution is 2.19. The molecule has 2 rings (SSSR count). The standard InChI is InChI=1S/C17H26N2O2/c1-4-21-17(20)13-15(3)18-8-10-19(11-9-18)16-7-5-6-14(2)12-16/h5-7,12,15H,4,8-11,13H2,1-3H3. The average Bonchev–Trinajstić information content (AvgIpc) is 2.47. The van der Waals surface area contributed by atoms with Gasteiger partial charge in [-0.25, -0.2) is 0 Å². The van der Waals surface area contributed by atoms with E-state index in [2.05, 4.69) is 47.9 Å². The monoisotopic (exact) mass is 290 g/mol. The molecule has 1 aliphatic rings. The van der Waals surface area contributed by atoms with Crippen molar-refractivity contribution in [2.45, 2.75) is 33.2 Å². The molecule has 21 heavy (non-hydrogen) atoms. The molecule has 0 N–H and O–H groups in total. The van der Waals surface area contributed by atoms with E-state index in [1.54, 1.807) is 0 Å². The SMILES string of the molecule is CCOC(=O)CC(C)N1CCN(c2cccc(C)c2)CC1. The van der Waals surface area contributed by atoms with Gasteiger partial charge in [0.15, 0.2) is 0 Å². The van der Waals surface area contributed by atoms with Gasteiger partial charge in [-0.1, -0.05) is 12.1 Å². The van der Waals surface area contributed by atoms with E-state index in [1.165, 1.54) is 11.3 Å². The van der Waals surface area contributed by atoms with Crippen LogP contribution >= 0.6 is 0 Å². The molecule has 1 heterocycles. The highest BCUT2D eigenvalue weighted by atomic mass is 16.5. The summed E-state index contributed by atoms with van der Waals surface area (Å²) in [5.41, 5.74) is 2.60. The topological polar surface area (TPSA) is 32.8 Å². The quantitative estimate of drug-likeness (QED) is 0.780. The molecule has 0 saturated carbocycles. The van der Waals surface area contributed by atoms with Crippen LogP contribution in [0.1, 0.15) is 25.8 Å². The van der Waals surface area contributed by atoms with E-state index in [0.717, 1.165) is 26.2 Å². The van der Waals surface area contributed by atoms with E-state index in [0.29, 0.717) is 13.0 Å². The minimum Gasteiger partial charge on any atom is -0.466 e. The highest BCUT2D eigenvalue weighted by Gasteiger charge is 2.23. The van der Waals surface area contributed by atoms with Crippen LogP contribution < -0.4 is 4.90 Å². The Balaban J connectivity index is 1.84. The number of aryl methyl sites for hydroxylation is 1. The summed E-state index contributed by atoms with van der Waals surface area (Å²) in [7, 11) is 0. The smallest absolute Gasteiger partial charge is 0.307 e. The summed E-state index contributed by atoms with van der Waals surface area (Å²) in [5.74, 6) is -0.0916. The van der Waals surface area contributed by atoms with Crippen molar-refractivity contribution in [3.63, 3.8) is 0 Å². The molecule has 1 saturated heterocycles. The summed E-state index contributed by atoms with van der Waals surface area (Å²) >= 11 is 0. The molecule has 0 amide bonds. The lowest BCUT2D eigenvalue weighted by Gasteiger charge is -2.39. The molecule has 0 aromatic heterocycles. The molecule has 0 aliphatic carbocycles. The molecule has 1 aromatic rings. The molecule has 0 bridgehead atoms. The van der Waals surface area contributed by atoms with Crippen LogP contribution in [0.5, 0.6) is 0 Å². The van der Waals surface area contributed by atoms with Crippen LogP contribution in [0.3, 0.4) is 0 Å². The maximum Gasteiger partial charge on any atom is 0.307 e. The fraction of sp³-hybridized carbons (Fsp3) is 0.588. The number of carbonyl (C=O) groups is 1. The van der Waals surface area contributed by atoms with Gasteiger partial charge in [0, 0.05) is 37.9 Å². The van der Waals surface area contributed by atoms with Crippen LogP contribution in [0.15, 0.2) is 24.3 Å². The number of piperazine rings is 1. The van der Waals surface area contributed by atoms with Gasteiger partial charge in [-0.2, -0.15) is 0 Å². The molecular formula is C17H26N2O2. The van der Waals surface area contributed by atoms with Gasteiger partial charge in [-0.15, -0.1) is 0 Å². The first-order chi connectivity index (χ1) is 10.1. The second kappa shape index (κ2) is 7.46. The fourth-order valence-corrected chi connectivity index (χ4v) is 2.84. The minimum atomic E-state index is -0.0916. The third-order valence-corrected chi connectivity index (χ3v) is 4.07. The number of rotatable bonds is 5. The third kappa shape index (κ3) is 4.46. The summed E-state index contributed by atoms with van der Waals surface area (Å²) in [6, 6.07) is 8.90. The van der Waals surface area contributed by atoms with E-state index in [4.69, 9.17) is 4.74 Å². The lowest BCUT2D eigenvalue weighted by Crippen LogP contribution is -2.50. The maximum atomic E-state index is 11.6. The van der Waals surface area contributed by atoms with Gasteiger partial charge in [0.1, 0.15) is 0 Å². The van der Waals surface area contributed by atoms with Gasteiger partial charge in [0.25, 0.3) is 0 Å². The van der Waals surface area contributed by atoms with Crippen molar-refractivity contribution in [2.24, 2.45) is 0 Å². The molecule has 1 aromatic carbocycles. The van der Waals surface area contributed by atoms with E-state index >= 15 is 0 Å². The summed E-state index contributed by atoms with van der Waals surface area (Å²) in [6.45, 7) is 10.6. The zero-order valence-electron chi connectivity index (χ0n) is 13.3. The van der Waals surface area contributed by atoms with Gasteiger partial charge >= 0.3 is 5.97 Å². The molecule has 0 spiro atoms. The second-order valence-electron chi connectivity index (χ2n) is 5.72. The molecule has 1 aliphatic heterocycles. The zero-order valence-corrected chi connectivity index (χ0v) is 13.3. The maximum absolute atomic E-state index is 11.6. The summed E-state index contributed by atoms with van der Waals surface area (Å²) in [4.78, 5) is 16.4. The molecular weight excluding hydrogens is 264 g/mol. The van der Waals surface area contributed by atoms with Crippen molar-refractivity contribution in [3.05, 3.63) is 29.8 Å². The van der Waals surface area contributed by atoms with Crippen LogP contribution in [0.4, 0.5) is 5.69 Å². The van der Waals surface area contributed by atoms with Gasteiger partial charge in [0.2, 0.25) is 0 Å². The molecule has 1 fully saturated rings. The second-order valence-corrected chi connectivity index (χ2v) is 5.72. The van der Waals surface area contributed by atoms with E-state index in [9.17, 15) is 4.79 Å². The summed E-state index contributed by atoms with van der Waals surface area (Å²) < 4.78 is 5.03. The largest absolute Gasteiger partial charge is 0.466 e. The third-order valence-electron chi connectivity index (χ3n) is 4.07. The first kappa shape index (κ1) is 15.8. The molecule has 116 valence electrons. The summed E-state index contributed by atoms with van der Waals surface area (Å²) in [5, 5.41) is 0. The average molecular weight is 290 g/mol. The minimum absolute atomic E-state index is 0.0916. The first-order valence-corrected chi connectivity index (χ1v) is 7.81. The number of carbonyl (C=O) groups excluding carboxylic acids is 1. The number of ether oxygens (including phenoxy) is 1. The number of esters is 1. The van der Waals surface area contributed by atoms with Gasteiger partial charge in [-0.3, -0.25) is 9.69 Å². The first-order valence-electron chi connectivity index (χ1n) is 7.81. The normalized spacial score (nSPS) is 17.6. The Morgan fingerprint density at radius 1 is 1.29 bits per heavy atom. The Labute approximate surface area is 127 Å². The van der Waals surface area contributed by atoms with Crippen LogP contribution in [0.2, 0.25) is 0 Å². The molecule has 0 radical (unpaired) electrons. The van der Waals surface area contributed by atoms with Crippen molar-refractivity contribution >= 4 is 11.7 Å². The van der Waals surface area contributed by atoms with Gasteiger partial charge in [0.05, 0.1) is 13.0 Å². The fourth-order valence-electron chi connectivity index (χ4n) is 2.84. The van der Waals surface area contributed by atoms with Gasteiger partial charge < -0.3 is 9.64 Å². The Morgan fingerprint density at radius 3 is 2.62 bits per heavy atom. The predicted molar refractivity (Wildman–Crippen MR) is 85.7 cm³/mol. The van der Waals surface area contributed by atoms with E-state index in [-0.39, 0.29) is 12.0 Å². The number of hydrogen-bond acceptors (Lipinski definition) is 4. The van der Waals surface area contributed by atoms with Crippen molar-refractivity contribution in [2.75, 3.05) is 37.7 Å².